The van der Waals surface area contributed by atoms with E-state index in [0.29, 0.717) is 16.0 Å². The van der Waals surface area contributed by atoms with E-state index in [1.165, 1.54) is 30.5 Å². The average Bonchev–Trinajstić information content (AvgIpc) is 3.13. The second-order valence-electron chi connectivity index (χ2n) is 5.90. The first-order valence-electron chi connectivity index (χ1n) is 7.95. The predicted molar refractivity (Wildman–Crippen MR) is 94.6 cm³/mol. The number of carbonyl (C=O) groups excluding carboxylic acids is 1. The number of hydrogen-bond donors (Lipinski definition) is 0. The number of nitrogens with zero attached hydrogens (tertiary/aromatic N) is 3. The second kappa shape index (κ2) is 7.55. The number of amides is 1. The molecule has 0 aliphatic carbocycles. The Morgan fingerprint density at radius 1 is 1.11 bits per heavy atom. The van der Waals surface area contributed by atoms with Crippen LogP contribution in [0.5, 0.6) is 0 Å². The Hall–Kier alpha value is -3.01. The first-order chi connectivity index (χ1) is 13.1. The van der Waals surface area contributed by atoms with Gasteiger partial charge in [-0.25, -0.2) is 4.21 Å². The van der Waals surface area contributed by atoms with Crippen molar-refractivity contribution in [1.82, 2.24) is 10.1 Å². The fraction of sp³-hybridized carbons (Fsp3) is 0.167. The van der Waals surface area contributed by atoms with Crippen LogP contribution >= 0.6 is 0 Å². The lowest BCUT2D eigenvalue weighted by Crippen LogP contribution is -2.06. The fourth-order valence-corrected chi connectivity index (χ4v) is 3.58. The highest BCUT2D eigenvalue weighted by atomic mass is 32.2. The van der Waals surface area contributed by atoms with Gasteiger partial charge in [-0.15, -0.1) is 0 Å². The molecule has 1 atom stereocenters. The highest BCUT2D eigenvalue weighted by molar-refractivity contribution is 7.93. The van der Waals surface area contributed by atoms with Gasteiger partial charge in [0.1, 0.15) is 0 Å². The molecule has 2 aromatic carbocycles. The SMILES string of the molecule is CS(=O)(=NC(=O)Cc1ccc(-c2noc(C(F)(F)F)n2)cc1)c1ccccc1. The fourth-order valence-electron chi connectivity index (χ4n) is 2.35. The van der Waals surface area contributed by atoms with E-state index < -0.39 is 27.7 Å². The molecule has 1 heterocycles. The van der Waals surface area contributed by atoms with Crippen LogP contribution in [0.25, 0.3) is 11.4 Å². The van der Waals surface area contributed by atoms with Crippen LogP contribution in [0, 0.1) is 0 Å². The van der Waals surface area contributed by atoms with Crippen molar-refractivity contribution in [2.45, 2.75) is 17.5 Å². The van der Waals surface area contributed by atoms with Gasteiger partial charge in [-0.1, -0.05) is 47.6 Å². The van der Waals surface area contributed by atoms with E-state index >= 15 is 0 Å². The molecule has 146 valence electrons. The van der Waals surface area contributed by atoms with Crippen LogP contribution in [0.4, 0.5) is 13.2 Å². The first kappa shape index (κ1) is 19.7. The number of benzene rings is 2. The molecule has 0 aliphatic heterocycles. The summed E-state index contributed by atoms with van der Waals surface area (Å²) in [5.74, 6) is -2.21. The van der Waals surface area contributed by atoms with E-state index in [-0.39, 0.29) is 12.2 Å². The highest BCUT2D eigenvalue weighted by Gasteiger charge is 2.38. The summed E-state index contributed by atoms with van der Waals surface area (Å²) >= 11 is 0. The lowest BCUT2D eigenvalue weighted by molar-refractivity contribution is -0.159. The van der Waals surface area contributed by atoms with Crippen LogP contribution in [-0.2, 0) is 27.1 Å². The normalized spacial score (nSPS) is 13.7. The molecule has 6 nitrogen and oxygen atoms in total. The van der Waals surface area contributed by atoms with Gasteiger partial charge in [0.15, 0.2) is 0 Å². The largest absolute Gasteiger partial charge is 0.471 e. The molecule has 0 fully saturated rings. The molecule has 0 aliphatic rings. The Labute approximate surface area is 158 Å². The van der Waals surface area contributed by atoms with Gasteiger partial charge in [0.2, 0.25) is 5.82 Å². The van der Waals surface area contributed by atoms with Crippen molar-refractivity contribution in [3.8, 4) is 11.4 Å². The van der Waals surface area contributed by atoms with Crippen LogP contribution in [0.15, 0.2) is 68.4 Å². The third kappa shape index (κ3) is 4.63. The van der Waals surface area contributed by atoms with Crippen molar-refractivity contribution >= 4 is 15.6 Å². The van der Waals surface area contributed by atoms with Crippen molar-refractivity contribution in [1.29, 1.82) is 0 Å². The predicted octanol–water partition coefficient (Wildman–Crippen LogP) is 3.98. The molecule has 0 bridgehead atoms. The highest BCUT2D eigenvalue weighted by Crippen LogP contribution is 2.29. The average molecular weight is 409 g/mol. The number of rotatable bonds is 4. The van der Waals surface area contributed by atoms with Crippen LogP contribution in [0.1, 0.15) is 11.5 Å². The van der Waals surface area contributed by atoms with E-state index in [9.17, 15) is 22.2 Å². The molecule has 0 N–H and O–H groups in total. The second-order valence-corrected chi connectivity index (χ2v) is 8.15. The molecule has 1 aromatic heterocycles. The lowest BCUT2D eigenvalue weighted by atomic mass is 10.1. The molecular formula is C18H14F3N3O3S. The Bertz CT molecular complexity index is 1100. The van der Waals surface area contributed by atoms with Crippen LogP contribution in [-0.4, -0.2) is 26.5 Å². The van der Waals surface area contributed by atoms with Crippen LogP contribution < -0.4 is 0 Å². The van der Waals surface area contributed by atoms with Gasteiger partial charge < -0.3 is 4.52 Å². The van der Waals surface area contributed by atoms with Gasteiger partial charge in [-0.2, -0.15) is 22.5 Å². The maximum atomic E-state index is 12.6. The Balaban J connectivity index is 1.74. The van der Waals surface area contributed by atoms with Gasteiger partial charge in [-0.05, 0) is 17.7 Å². The zero-order chi connectivity index (χ0) is 20.4. The first-order valence-corrected chi connectivity index (χ1v) is 9.88. The number of carbonyl (C=O) groups is 1. The zero-order valence-electron chi connectivity index (χ0n) is 14.5. The van der Waals surface area contributed by atoms with Crippen molar-refractivity contribution < 1.29 is 26.7 Å². The summed E-state index contributed by atoms with van der Waals surface area (Å²) in [5, 5.41) is 3.30. The molecule has 10 heteroatoms. The Morgan fingerprint density at radius 3 is 2.32 bits per heavy atom. The summed E-state index contributed by atoms with van der Waals surface area (Å²) in [5.41, 5.74) is 0.858. The summed E-state index contributed by atoms with van der Waals surface area (Å²) < 4.78 is 58.1. The summed E-state index contributed by atoms with van der Waals surface area (Å²) in [6, 6.07) is 14.4. The van der Waals surface area contributed by atoms with E-state index in [0.717, 1.165) is 0 Å². The minimum absolute atomic E-state index is 0.0992. The Morgan fingerprint density at radius 2 is 1.75 bits per heavy atom. The summed E-state index contributed by atoms with van der Waals surface area (Å²) in [6.07, 6.45) is -3.43. The van der Waals surface area contributed by atoms with E-state index in [1.54, 1.807) is 30.3 Å². The smallest absolute Gasteiger partial charge is 0.329 e. The van der Waals surface area contributed by atoms with Gasteiger partial charge >= 0.3 is 12.1 Å². The van der Waals surface area contributed by atoms with E-state index in [2.05, 4.69) is 19.0 Å². The van der Waals surface area contributed by atoms with E-state index in [1.807, 2.05) is 0 Å². The minimum Gasteiger partial charge on any atom is -0.329 e. The van der Waals surface area contributed by atoms with E-state index in [4.69, 9.17) is 0 Å². The minimum atomic E-state index is -4.72. The van der Waals surface area contributed by atoms with Crippen molar-refractivity contribution in [2.24, 2.45) is 4.36 Å². The molecule has 3 rings (SSSR count). The molecule has 0 saturated carbocycles. The van der Waals surface area contributed by atoms with Gasteiger partial charge in [-0.3, -0.25) is 4.79 Å². The molecule has 1 amide bonds. The number of halogens is 3. The third-order valence-corrected chi connectivity index (χ3v) is 5.39. The molecule has 28 heavy (non-hydrogen) atoms. The molecule has 0 spiro atoms. The molecule has 0 radical (unpaired) electrons. The maximum absolute atomic E-state index is 12.6. The zero-order valence-corrected chi connectivity index (χ0v) is 15.3. The molecule has 1 unspecified atom stereocenters. The van der Waals surface area contributed by atoms with Gasteiger partial charge in [0.05, 0.1) is 16.1 Å². The summed E-state index contributed by atoms with van der Waals surface area (Å²) in [7, 11) is -2.86. The standard InChI is InChI=1S/C18H14F3N3O3S/c1-28(26,14-5-3-2-4-6-14)24-15(25)11-12-7-9-13(10-8-12)16-22-17(27-23-16)18(19,20)21/h2-10H,11H2,1H3. The van der Waals surface area contributed by atoms with Gasteiger partial charge in [0, 0.05) is 16.7 Å². The monoisotopic (exact) mass is 409 g/mol. The quantitative estimate of drug-likeness (QED) is 0.651. The topological polar surface area (TPSA) is 85.4 Å². The van der Waals surface area contributed by atoms with Gasteiger partial charge in [0.25, 0.3) is 5.91 Å². The summed E-state index contributed by atoms with van der Waals surface area (Å²) in [4.78, 5) is 15.9. The van der Waals surface area contributed by atoms with Crippen molar-refractivity contribution in [3.63, 3.8) is 0 Å². The Kier molecular flexibility index (Phi) is 5.32. The van der Waals surface area contributed by atoms with Crippen LogP contribution in [0.2, 0.25) is 0 Å². The molecule has 3 aromatic rings. The maximum Gasteiger partial charge on any atom is 0.471 e. The van der Waals surface area contributed by atoms with Crippen molar-refractivity contribution in [3.05, 3.63) is 66.1 Å². The molecular weight excluding hydrogens is 395 g/mol. The summed E-state index contributed by atoms with van der Waals surface area (Å²) in [6.45, 7) is 0. The number of aromatic nitrogens is 2. The third-order valence-electron chi connectivity index (χ3n) is 3.69. The van der Waals surface area contributed by atoms with Crippen molar-refractivity contribution in [2.75, 3.05) is 6.26 Å². The number of hydrogen-bond acceptors (Lipinski definition) is 5. The molecule has 0 saturated heterocycles. The number of alkyl halides is 3. The van der Waals surface area contributed by atoms with Crippen LogP contribution in [0.3, 0.4) is 0 Å². The lowest BCUT2D eigenvalue weighted by Gasteiger charge is -2.04.